The number of aryl methyl sites for hydroxylation is 1. The summed E-state index contributed by atoms with van der Waals surface area (Å²) < 4.78 is 1.55. The molecule has 74 valence electrons. The second-order valence-corrected chi connectivity index (χ2v) is 3.10. The monoisotopic (exact) mass is 194 g/mol. The average Bonchev–Trinajstić information content (AvgIpc) is 2.51. The number of piperazine rings is 1. The Morgan fingerprint density at radius 2 is 2.00 bits per heavy atom. The summed E-state index contributed by atoms with van der Waals surface area (Å²) in [6.07, 6.45) is 3.14. The van der Waals surface area contributed by atoms with Gasteiger partial charge in [0, 0.05) is 13.2 Å². The summed E-state index contributed by atoms with van der Waals surface area (Å²) in [6, 6.07) is 0. The Labute approximate surface area is 80.5 Å². The van der Waals surface area contributed by atoms with Crippen LogP contribution in [0.15, 0.2) is 12.4 Å². The van der Waals surface area contributed by atoms with E-state index < -0.39 is 0 Å². The van der Waals surface area contributed by atoms with Crippen LogP contribution in [0.25, 0.3) is 0 Å². The molecule has 1 aromatic rings. The molecule has 1 aliphatic rings. The first-order chi connectivity index (χ1) is 6.68. The van der Waals surface area contributed by atoms with E-state index in [1.807, 2.05) is 0 Å². The fraction of sp³-hybridized carbons (Fsp3) is 0.375. The maximum absolute atomic E-state index is 11.4. The molecule has 1 aliphatic heterocycles. The maximum Gasteiger partial charge on any atom is 0.247 e. The summed E-state index contributed by atoms with van der Waals surface area (Å²) in [6.45, 7) is 0.390. The van der Waals surface area contributed by atoms with Crippen LogP contribution in [-0.2, 0) is 16.6 Å². The summed E-state index contributed by atoms with van der Waals surface area (Å²) in [5.74, 6) is -0.483. The zero-order valence-electron chi connectivity index (χ0n) is 7.73. The lowest BCUT2D eigenvalue weighted by atomic mass is 10.3. The molecule has 2 heterocycles. The molecule has 1 aromatic heterocycles. The van der Waals surface area contributed by atoms with Crippen molar-refractivity contribution in [2.75, 3.05) is 18.0 Å². The lowest BCUT2D eigenvalue weighted by Crippen LogP contribution is -2.52. The fourth-order valence-electron chi connectivity index (χ4n) is 1.39. The first-order valence-electron chi connectivity index (χ1n) is 4.23. The molecule has 0 bridgehead atoms. The number of nitrogens with one attached hydrogen (secondary N) is 1. The van der Waals surface area contributed by atoms with E-state index in [-0.39, 0.29) is 24.9 Å². The van der Waals surface area contributed by atoms with Crippen LogP contribution in [0.2, 0.25) is 0 Å². The van der Waals surface area contributed by atoms with Crippen LogP contribution < -0.4 is 10.2 Å². The van der Waals surface area contributed by atoms with Crippen LogP contribution in [0, 0.1) is 0 Å². The molecule has 2 rings (SSSR count). The molecule has 0 aliphatic carbocycles. The van der Waals surface area contributed by atoms with E-state index in [1.54, 1.807) is 17.9 Å². The summed E-state index contributed by atoms with van der Waals surface area (Å²) in [5, 5.41) is 6.63. The number of rotatable bonds is 1. The van der Waals surface area contributed by atoms with Crippen LogP contribution in [0.1, 0.15) is 0 Å². The van der Waals surface area contributed by atoms with E-state index >= 15 is 0 Å². The quantitative estimate of drug-likeness (QED) is 0.575. The third kappa shape index (κ3) is 1.39. The predicted octanol–water partition coefficient (Wildman–Crippen LogP) is -1.12. The molecule has 6 heteroatoms. The summed E-state index contributed by atoms with van der Waals surface area (Å²) in [4.78, 5) is 24.0. The molecule has 0 aromatic carbocycles. The molecule has 0 spiro atoms. The Morgan fingerprint density at radius 1 is 1.36 bits per heavy atom. The summed E-state index contributed by atoms with van der Waals surface area (Å²) >= 11 is 0. The van der Waals surface area contributed by atoms with Gasteiger partial charge in [-0.05, 0) is 0 Å². The van der Waals surface area contributed by atoms with E-state index in [9.17, 15) is 9.59 Å². The zero-order valence-corrected chi connectivity index (χ0v) is 7.73. The molecule has 6 nitrogen and oxygen atoms in total. The van der Waals surface area contributed by atoms with Gasteiger partial charge in [0.25, 0.3) is 0 Å². The second-order valence-electron chi connectivity index (χ2n) is 3.10. The smallest absolute Gasteiger partial charge is 0.247 e. The van der Waals surface area contributed by atoms with Gasteiger partial charge in [0.15, 0.2) is 0 Å². The largest absolute Gasteiger partial charge is 0.300 e. The van der Waals surface area contributed by atoms with Crippen molar-refractivity contribution >= 4 is 17.5 Å². The normalized spacial score (nSPS) is 17.6. The number of amides is 2. The predicted molar refractivity (Wildman–Crippen MR) is 48.6 cm³/mol. The summed E-state index contributed by atoms with van der Waals surface area (Å²) in [7, 11) is 1.74. The molecular formula is C8H10N4O2. The van der Waals surface area contributed by atoms with Crippen molar-refractivity contribution in [2.24, 2.45) is 7.05 Å². The van der Waals surface area contributed by atoms with Crippen molar-refractivity contribution in [3.05, 3.63) is 12.4 Å². The Hall–Kier alpha value is -1.69. The molecule has 0 radical (unpaired) electrons. The van der Waals surface area contributed by atoms with Crippen molar-refractivity contribution in [1.82, 2.24) is 15.1 Å². The maximum atomic E-state index is 11.4. The highest BCUT2D eigenvalue weighted by atomic mass is 16.2. The van der Waals surface area contributed by atoms with Crippen molar-refractivity contribution in [1.29, 1.82) is 0 Å². The van der Waals surface area contributed by atoms with E-state index in [1.165, 1.54) is 6.20 Å². The van der Waals surface area contributed by atoms with Crippen molar-refractivity contribution in [2.45, 2.75) is 0 Å². The highest BCUT2D eigenvalue weighted by Gasteiger charge is 2.27. The number of anilines is 1. The minimum absolute atomic E-state index is 0.195. The molecular weight excluding hydrogens is 184 g/mol. The Bertz CT molecular complexity index is 368. The van der Waals surface area contributed by atoms with Gasteiger partial charge in [0.05, 0.1) is 25.0 Å². The van der Waals surface area contributed by atoms with Crippen LogP contribution in [0.3, 0.4) is 0 Å². The van der Waals surface area contributed by atoms with Gasteiger partial charge in [0.1, 0.15) is 0 Å². The Kier molecular flexibility index (Phi) is 2.05. The first kappa shape index (κ1) is 8.89. The number of aromatic nitrogens is 2. The van der Waals surface area contributed by atoms with Crippen LogP contribution in [0.4, 0.5) is 5.69 Å². The van der Waals surface area contributed by atoms with Gasteiger partial charge in [-0.2, -0.15) is 5.10 Å². The van der Waals surface area contributed by atoms with Gasteiger partial charge in [-0.15, -0.1) is 0 Å². The number of carbonyl (C=O) groups excluding carboxylic acids is 2. The number of hydrogen-bond donors (Lipinski definition) is 1. The van der Waals surface area contributed by atoms with Gasteiger partial charge >= 0.3 is 0 Å². The zero-order chi connectivity index (χ0) is 10.1. The molecule has 1 fully saturated rings. The Morgan fingerprint density at radius 3 is 2.50 bits per heavy atom. The van der Waals surface area contributed by atoms with Crippen molar-refractivity contribution in [3.63, 3.8) is 0 Å². The average molecular weight is 194 g/mol. The van der Waals surface area contributed by atoms with Crippen molar-refractivity contribution in [3.8, 4) is 0 Å². The van der Waals surface area contributed by atoms with E-state index in [4.69, 9.17) is 0 Å². The fourth-order valence-corrected chi connectivity index (χ4v) is 1.39. The number of imide groups is 1. The molecule has 0 atom stereocenters. The number of nitrogens with zero attached hydrogens (tertiary/aromatic N) is 3. The SMILES string of the molecule is Cn1cc(N2C(=O)CNCC2=O)cn1. The molecule has 2 amide bonds. The van der Waals surface area contributed by atoms with E-state index in [0.717, 1.165) is 4.90 Å². The van der Waals surface area contributed by atoms with Gasteiger partial charge in [-0.25, -0.2) is 4.90 Å². The minimum atomic E-state index is -0.241. The van der Waals surface area contributed by atoms with Gasteiger partial charge in [-0.3, -0.25) is 19.6 Å². The molecule has 0 saturated carbocycles. The van der Waals surface area contributed by atoms with Gasteiger partial charge in [-0.1, -0.05) is 0 Å². The first-order valence-corrected chi connectivity index (χ1v) is 4.23. The third-order valence-corrected chi connectivity index (χ3v) is 2.00. The lowest BCUT2D eigenvalue weighted by molar-refractivity contribution is -0.127. The standard InChI is InChI=1S/C8H10N4O2/c1-11-5-6(2-10-11)12-7(13)3-9-4-8(12)14/h2,5,9H,3-4H2,1H3. The second kappa shape index (κ2) is 3.22. The molecule has 14 heavy (non-hydrogen) atoms. The highest BCUT2D eigenvalue weighted by Crippen LogP contribution is 2.13. The van der Waals surface area contributed by atoms with E-state index in [0.29, 0.717) is 5.69 Å². The lowest BCUT2D eigenvalue weighted by Gasteiger charge is -2.23. The van der Waals surface area contributed by atoms with Gasteiger partial charge < -0.3 is 0 Å². The molecule has 1 saturated heterocycles. The highest BCUT2D eigenvalue weighted by molar-refractivity contribution is 6.17. The number of hydrogen-bond acceptors (Lipinski definition) is 4. The summed E-state index contributed by atoms with van der Waals surface area (Å²) in [5.41, 5.74) is 0.531. The van der Waals surface area contributed by atoms with Crippen LogP contribution >= 0.6 is 0 Å². The van der Waals surface area contributed by atoms with Crippen molar-refractivity contribution < 1.29 is 9.59 Å². The molecule has 1 N–H and O–H groups in total. The topological polar surface area (TPSA) is 67.2 Å². The third-order valence-electron chi connectivity index (χ3n) is 2.00. The van der Waals surface area contributed by atoms with Crippen LogP contribution in [-0.4, -0.2) is 34.7 Å². The van der Waals surface area contributed by atoms with E-state index in [2.05, 4.69) is 10.4 Å². The number of carbonyl (C=O) groups is 2. The van der Waals surface area contributed by atoms with Gasteiger partial charge in [0.2, 0.25) is 11.8 Å². The Balaban J connectivity index is 2.31. The molecule has 0 unspecified atom stereocenters. The van der Waals surface area contributed by atoms with Crippen LogP contribution in [0.5, 0.6) is 0 Å². The minimum Gasteiger partial charge on any atom is -0.300 e.